The van der Waals surface area contributed by atoms with E-state index in [1.807, 2.05) is 41.5 Å². The van der Waals surface area contributed by atoms with Crippen LogP contribution in [0.1, 0.15) is 67.2 Å². The first kappa shape index (κ1) is 23.2. The molecule has 0 heterocycles. The number of alkyl carbamates (subject to hydrolysis) is 1. The van der Waals surface area contributed by atoms with E-state index in [0.717, 1.165) is 12.7 Å². The van der Waals surface area contributed by atoms with Gasteiger partial charge in [-0.3, -0.25) is 0 Å². The third-order valence-corrected chi connectivity index (χ3v) is 2.92. The Bertz CT molecular complexity index is 424. The van der Waals surface area contributed by atoms with Gasteiger partial charge in [-0.05, 0) is 60.8 Å². The largest absolute Gasteiger partial charge is 0.444 e. The minimum atomic E-state index is -0.557. The number of hydrogen-bond donors (Lipinski definition) is 1. The summed E-state index contributed by atoms with van der Waals surface area (Å²) < 4.78 is 10.5. The van der Waals surface area contributed by atoms with Crippen molar-refractivity contribution in [3.05, 3.63) is 0 Å². The number of nitrogens with one attached hydrogen (secondary N) is 1. The molecular formula is C18H34N2O5. The van der Waals surface area contributed by atoms with Crippen molar-refractivity contribution in [2.24, 2.45) is 0 Å². The van der Waals surface area contributed by atoms with Crippen LogP contribution in [0.3, 0.4) is 0 Å². The summed E-state index contributed by atoms with van der Waals surface area (Å²) in [5, 5.41) is 2.69. The van der Waals surface area contributed by atoms with Gasteiger partial charge in [-0.1, -0.05) is 0 Å². The fourth-order valence-electron chi connectivity index (χ4n) is 1.92. The zero-order chi connectivity index (χ0) is 19.5. The van der Waals surface area contributed by atoms with Crippen molar-refractivity contribution in [1.29, 1.82) is 0 Å². The van der Waals surface area contributed by atoms with Crippen LogP contribution in [-0.2, 0) is 14.3 Å². The minimum Gasteiger partial charge on any atom is -0.444 e. The van der Waals surface area contributed by atoms with Crippen LogP contribution in [0.25, 0.3) is 0 Å². The normalized spacial score (nSPS) is 11.6. The van der Waals surface area contributed by atoms with E-state index in [1.165, 1.54) is 0 Å². The van der Waals surface area contributed by atoms with Gasteiger partial charge in [0.1, 0.15) is 17.5 Å². The molecule has 0 saturated carbocycles. The molecule has 0 spiro atoms. The van der Waals surface area contributed by atoms with E-state index in [0.29, 0.717) is 38.9 Å². The number of carbonyl (C=O) groups excluding carboxylic acids is 3. The van der Waals surface area contributed by atoms with Crippen LogP contribution in [-0.4, -0.2) is 54.2 Å². The maximum absolute atomic E-state index is 12.2. The molecule has 146 valence electrons. The van der Waals surface area contributed by atoms with E-state index in [2.05, 4.69) is 5.32 Å². The number of carbonyl (C=O) groups is 3. The molecule has 0 unspecified atom stereocenters. The number of ether oxygens (including phenoxy) is 2. The van der Waals surface area contributed by atoms with Crippen LogP contribution >= 0.6 is 0 Å². The Kier molecular flexibility index (Phi) is 10.2. The lowest BCUT2D eigenvalue weighted by Gasteiger charge is -2.27. The molecule has 25 heavy (non-hydrogen) atoms. The van der Waals surface area contributed by atoms with Gasteiger partial charge in [0.15, 0.2) is 0 Å². The Hall–Kier alpha value is -1.79. The predicted molar refractivity (Wildman–Crippen MR) is 96.6 cm³/mol. The van der Waals surface area contributed by atoms with Gasteiger partial charge in [0.2, 0.25) is 0 Å². The van der Waals surface area contributed by atoms with Crippen molar-refractivity contribution in [3.8, 4) is 0 Å². The zero-order valence-corrected chi connectivity index (χ0v) is 16.5. The summed E-state index contributed by atoms with van der Waals surface area (Å²) in [6, 6.07) is 0. The molecule has 0 atom stereocenters. The Balaban J connectivity index is 4.22. The Morgan fingerprint density at radius 2 is 1.48 bits per heavy atom. The van der Waals surface area contributed by atoms with Crippen LogP contribution in [0, 0.1) is 0 Å². The zero-order valence-electron chi connectivity index (χ0n) is 16.5. The number of hydrogen-bond acceptors (Lipinski definition) is 5. The average Bonchev–Trinajstić information content (AvgIpc) is 2.41. The predicted octanol–water partition coefficient (Wildman–Crippen LogP) is 3.51. The smallest absolute Gasteiger partial charge is 0.410 e. The molecule has 0 aliphatic rings. The van der Waals surface area contributed by atoms with Gasteiger partial charge in [-0.25, -0.2) is 9.59 Å². The number of nitrogens with zero attached hydrogens (tertiary/aromatic N) is 1. The molecule has 0 aliphatic carbocycles. The highest BCUT2D eigenvalue weighted by atomic mass is 16.6. The minimum absolute atomic E-state index is 0.376. The van der Waals surface area contributed by atoms with E-state index in [9.17, 15) is 14.4 Å². The molecule has 0 aliphatic heterocycles. The maximum Gasteiger partial charge on any atom is 0.410 e. The fraction of sp³-hybridized carbons (Fsp3) is 0.833. The Morgan fingerprint density at radius 1 is 0.920 bits per heavy atom. The molecule has 0 fully saturated rings. The SMILES string of the molecule is CC(C)(C)OC(=O)NCCCCN(CCCC=O)C(=O)OC(C)(C)C. The second-order valence-electron chi connectivity index (χ2n) is 7.91. The van der Waals surface area contributed by atoms with Gasteiger partial charge >= 0.3 is 12.2 Å². The standard InChI is InChI=1S/C18H34N2O5/c1-17(2,3)24-15(22)19-11-7-8-12-20(13-9-10-14-21)16(23)25-18(4,5)6/h14H,7-13H2,1-6H3,(H,19,22). The number of rotatable bonds is 9. The van der Waals surface area contributed by atoms with Crippen molar-refractivity contribution in [2.75, 3.05) is 19.6 Å². The molecule has 7 nitrogen and oxygen atoms in total. The third kappa shape index (κ3) is 14.3. The summed E-state index contributed by atoms with van der Waals surface area (Å²) in [5.41, 5.74) is -1.07. The summed E-state index contributed by atoms with van der Waals surface area (Å²) in [6.07, 6.45) is 2.49. The van der Waals surface area contributed by atoms with Crippen LogP contribution in [0.5, 0.6) is 0 Å². The van der Waals surface area contributed by atoms with E-state index < -0.39 is 17.3 Å². The first-order valence-electron chi connectivity index (χ1n) is 8.83. The summed E-state index contributed by atoms with van der Waals surface area (Å²) in [7, 11) is 0. The van der Waals surface area contributed by atoms with E-state index in [-0.39, 0.29) is 6.09 Å². The van der Waals surface area contributed by atoms with Gasteiger partial charge in [0.05, 0.1) is 0 Å². The molecule has 2 amide bonds. The monoisotopic (exact) mass is 358 g/mol. The van der Waals surface area contributed by atoms with Gasteiger partial charge in [-0.2, -0.15) is 0 Å². The van der Waals surface area contributed by atoms with Crippen LogP contribution in [0.4, 0.5) is 9.59 Å². The first-order valence-corrected chi connectivity index (χ1v) is 8.83. The summed E-state index contributed by atoms with van der Waals surface area (Å²) in [5.74, 6) is 0. The number of unbranched alkanes of at least 4 members (excludes halogenated alkanes) is 2. The molecule has 0 bridgehead atoms. The molecule has 0 aromatic rings. The number of amides is 2. The van der Waals surface area contributed by atoms with E-state index in [1.54, 1.807) is 4.90 Å². The summed E-state index contributed by atoms with van der Waals surface area (Å²) >= 11 is 0. The van der Waals surface area contributed by atoms with E-state index >= 15 is 0 Å². The van der Waals surface area contributed by atoms with Crippen LogP contribution in [0.15, 0.2) is 0 Å². The summed E-state index contributed by atoms with van der Waals surface area (Å²) in [4.78, 5) is 35.8. The summed E-state index contributed by atoms with van der Waals surface area (Å²) in [6.45, 7) is 12.4. The lowest BCUT2D eigenvalue weighted by molar-refractivity contribution is -0.108. The van der Waals surface area contributed by atoms with Crippen LogP contribution < -0.4 is 5.32 Å². The molecule has 7 heteroatoms. The molecule has 0 aromatic heterocycles. The highest BCUT2D eigenvalue weighted by molar-refractivity contribution is 5.68. The molecule has 0 aromatic carbocycles. The van der Waals surface area contributed by atoms with Crippen molar-refractivity contribution in [2.45, 2.75) is 78.4 Å². The Morgan fingerprint density at radius 3 is 2.00 bits per heavy atom. The van der Waals surface area contributed by atoms with Crippen molar-refractivity contribution < 1.29 is 23.9 Å². The van der Waals surface area contributed by atoms with Gasteiger partial charge < -0.3 is 24.5 Å². The van der Waals surface area contributed by atoms with Crippen LogP contribution in [0.2, 0.25) is 0 Å². The van der Waals surface area contributed by atoms with Crippen molar-refractivity contribution in [3.63, 3.8) is 0 Å². The maximum atomic E-state index is 12.2. The molecular weight excluding hydrogens is 324 g/mol. The highest BCUT2D eigenvalue weighted by Gasteiger charge is 2.21. The van der Waals surface area contributed by atoms with Gasteiger partial charge in [0.25, 0.3) is 0 Å². The Labute approximate surface area is 151 Å². The lowest BCUT2D eigenvalue weighted by Crippen LogP contribution is -2.38. The first-order chi connectivity index (χ1) is 11.4. The van der Waals surface area contributed by atoms with Gasteiger partial charge in [0, 0.05) is 26.1 Å². The topological polar surface area (TPSA) is 84.9 Å². The third-order valence-electron chi connectivity index (χ3n) is 2.92. The molecule has 0 radical (unpaired) electrons. The number of aldehydes is 1. The van der Waals surface area contributed by atoms with Gasteiger partial charge in [-0.15, -0.1) is 0 Å². The second kappa shape index (κ2) is 10.9. The lowest BCUT2D eigenvalue weighted by atomic mass is 10.2. The highest BCUT2D eigenvalue weighted by Crippen LogP contribution is 2.11. The van der Waals surface area contributed by atoms with Crippen molar-refractivity contribution in [1.82, 2.24) is 10.2 Å². The molecule has 1 N–H and O–H groups in total. The van der Waals surface area contributed by atoms with Crippen molar-refractivity contribution >= 4 is 18.5 Å². The second-order valence-corrected chi connectivity index (χ2v) is 7.91. The quantitative estimate of drug-likeness (QED) is 0.503. The average molecular weight is 358 g/mol. The molecule has 0 rings (SSSR count). The van der Waals surface area contributed by atoms with E-state index in [4.69, 9.17) is 9.47 Å². The fourth-order valence-corrected chi connectivity index (χ4v) is 1.92. The molecule has 0 saturated heterocycles.